The van der Waals surface area contributed by atoms with Gasteiger partial charge in [0.25, 0.3) is 5.91 Å². The van der Waals surface area contributed by atoms with Crippen LogP contribution < -0.4 is 10.9 Å². The van der Waals surface area contributed by atoms with E-state index in [-0.39, 0.29) is 11.8 Å². The van der Waals surface area contributed by atoms with Gasteiger partial charge in [0.2, 0.25) is 5.89 Å². The maximum Gasteiger partial charge on any atom is 0.347 e. The first kappa shape index (κ1) is 16.7. The highest BCUT2D eigenvalue weighted by atomic mass is 16.4. The number of benzene rings is 3. The van der Waals surface area contributed by atoms with Gasteiger partial charge in [-0.2, -0.15) is 0 Å². The van der Waals surface area contributed by atoms with Gasteiger partial charge in [-0.3, -0.25) is 4.79 Å². The summed E-state index contributed by atoms with van der Waals surface area (Å²) >= 11 is 0. The van der Waals surface area contributed by atoms with E-state index in [9.17, 15) is 9.59 Å². The topological polar surface area (TPSA) is 72.2 Å². The van der Waals surface area contributed by atoms with E-state index in [0.29, 0.717) is 27.7 Å². The summed E-state index contributed by atoms with van der Waals surface area (Å²) in [5.74, 6) is 0.00845. The number of rotatable bonds is 3. The molecule has 4 aromatic rings. The molecule has 1 heterocycles. The number of anilines is 1. The molecule has 1 aromatic heterocycles. The van der Waals surface area contributed by atoms with Crippen molar-refractivity contribution in [1.29, 1.82) is 0 Å². The normalized spacial score (nSPS) is 10.7. The molecule has 0 aliphatic heterocycles. The van der Waals surface area contributed by atoms with Gasteiger partial charge >= 0.3 is 5.63 Å². The third kappa shape index (κ3) is 3.48. The van der Waals surface area contributed by atoms with E-state index in [1.54, 1.807) is 48.5 Å². The van der Waals surface area contributed by atoms with Crippen LogP contribution in [0, 0.1) is 6.92 Å². The monoisotopic (exact) mass is 356 g/mol. The van der Waals surface area contributed by atoms with Crippen LogP contribution in [-0.4, -0.2) is 10.9 Å². The Kier molecular flexibility index (Phi) is 4.26. The van der Waals surface area contributed by atoms with E-state index in [1.807, 2.05) is 31.2 Å². The van der Waals surface area contributed by atoms with Gasteiger partial charge in [0, 0.05) is 16.8 Å². The second kappa shape index (κ2) is 6.88. The molecule has 3 aromatic carbocycles. The summed E-state index contributed by atoms with van der Waals surface area (Å²) in [6.45, 7) is 1.94. The van der Waals surface area contributed by atoms with Gasteiger partial charge in [0.15, 0.2) is 0 Å². The molecule has 132 valence electrons. The Morgan fingerprint density at radius 2 is 1.78 bits per heavy atom. The number of para-hydroxylation sites is 1. The molecule has 5 heteroatoms. The maximum atomic E-state index is 12.4. The van der Waals surface area contributed by atoms with Gasteiger partial charge in [-0.25, -0.2) is 9.78 Å². The summed E-state index contributed by atoms with van der Waals surface area (Å²) < 4.78 is 5.36. The zero-order valence-electron chi connectivity index (χ0n) is 14.6. The molecular formula is C22H16N2O3. The number of aryl methyl sites for hydroxylation is 1. The van der Waals surface area contributed by atoms with Gasteiger partial charge in [-0.15, -0.1) is 0 Å². The lowest BCUT2D eigenvalue weighted by atomic mass is 10.1. The van der Waals surface area contributed by atoms with Crippen molar-refractivity contribution in [2.45, 2.75) is 6.92 Å². The SMILES string of the molecule is Cc1cccc(C(=O)Nc2cccc(-c3nc4ccccc4c(=O)o3)c2)c1. The number of aromatic nitrogens is 1. The molecule has 4 rings (SSSR count). The quantitative estimate of drug-likeness (QED) is 0.590. The minimum Gasteiger partial charge on any atom is -0.403 e. The summed E-state index contributed by atoms with van der Waals surface area (Å²) in [5, 5.41) is 3.30. The Labute approximate surface area is 155 Å². The fourth-order valence-electron chi connectivity index (χ4n) is 2.86. The maximum absolute atomic E-state index is 12.4. The van der Waals surface area contributed by atoms with Crippen LogP contribution >= 0.6 is 0 Å². The lowest BCUT2D eigenvalue weighted by molar-refractivity contribution is 0.102. The number of nitrogens with zero attached hydrogens (tertiary/aromatic N) is 1. The van der Waals surface area contributed by atoms with E-state index in [1.165, 1.54) is 0 Å². The Morgan fingerprint density at radius 1 is 0.963 bits per heavy atom. The minimum absolute atomic E-state index is 0.205. The average molecular weight is 356 g/mol. The van der Waals surface area contributed by atoms with Gasteiger partial charge < -0.3 is 9.73 Å². The van der Waals surface area contributed by atoms with Crippen molar-refractivity contribution in [2.24, 2.45) is 0 Å². The summed E-state index contributed by atoms with van der Waals surface area (Å²) in [7, 11) is 0. The van der Waals surface area contributed by atoms with Crippen LogP contribution in [0.15, 0.2) is 82.0 Å². The summed E-state index contributed by atoms with van der Waals surface area (Å²) in [6.07, 6.45) is 0. The summed E-state index contributed by atoms with van der Waals surface area (Å²) in [5.41, 5.74) is 2.92. The average Bonchev–Trinajstić information content (AvgIpc) is 2.68. The molecule has 0 saturated heterocycles. The van der Waals surface area contributed by atoms with E-state index in [2.05, 4.69) is 10.3 Å². The first-order valence-corrected chi connectivity index (χ1v) is 8.48. The Morgan fingerprint density at radius 3 is 2.63 bits per heavy atom. The predicted octanol–water partition coefficient (Wildman–Crippen LogP) is 4.42. The lowest BCUT2D eigenvalue weighted by Crippen LogP contribution is -2.12. The number of hydrogen-bond acceptors (Lipinski definition) is 4. The number of carbonyl (C=O) groups is 1. The molecule has 0 atom stereocenters. The van der Waals surface area contributed by atoms with Crippen molar-refractivity contribution in [3.8, 4) is 11.5 Å². The molecule has 1 N–H and O–H groups in total. The first-order valence-electron chi connectivity index (χ1n) is 8.48. The molecule has 0 aliphatic carbocycles. The largest absolute Gasteiger partial charge is 0.403 e. The Hall–Kier alpha value is -3.73. The van der Waals surface area contributed by atoms with Gasteiger partial charge in [-0.05, 0) is 49.4 Å². The van der Waals surface area contributed by atoms with Crippen molar-refractivity contribution in [2.75, 3.05) is 5.32 Å². The standard InChI is InChI=1S/C22H16N2O3/c1-14-6-4-7-15(12-14)20(25)23-17-9-5-8-16(13-17)21-24-19-11-3-2-10-18(19)22(26)27-21/h2-13H,1H3,(H,23,25). The second-order valence-electron chi connectivity index (χ2n) is 6.23. The lowest BCUT2D eigenvalue weighted by Gasteiger charge is -2.08. The zero-order valence-corrected chi connectivity index (χ0v) is 14.6. The molecule has 27 heavy (non-hydrogen) atoms. The summed E-state index contributed by atoms with van der Waals surface area (Å²) in [4.78, 5) is 29.0. The van der Waals surface area contributed by atoms with Crippen molar-refractivity contribution in [3.05, 3.63) is 94.3 Å². The van der Waals surface area contributed by atoms with Crippen LogP contribution in [0.1, 0.15) is 15.9 Å². The zero-order chi connectivity index (χ0) is 18.8. The van der Waals surface area contributed by atoms with Crippen molar-refractivity contribution in [1.82, 2.24) is 4.98 Å². The van der Waals surface area contributed by atoms with Gasteiger partial charge in [0.1, 0.15) is 0 Å². The number of hydrogen-bond donors (Lipinski definition) is 1. The first-order chi connectivity index (χ1) is 13.1. The van der Waals surface area contributed by atoms with E-state index in [4.69, 9.17) is 4.42 Å². The fourth-order valence-corrected chi connectivity index (χ4v) is 2.86. The number of nitrogens with one attached hydrogen (secondary N) is 1. The van der Waals surface area contributed by atoms with Gasteiger partial charge in [0.05, 0.1) is 10.9 Å². The van der Waals surface area contributed by atoms with Crippen molar-refractivity contribution >= 4 is 22.5 Å². The molecule has 0 radical (unpaired) electrons. The smallest absolute Gasteiger partial charge is 0.347 e. The highest BCUT2D eigenvalue weighted by Crippen LogP contribution is 2.22. The molecule has 0 bridgehead atoms. The van der Waals surface area contributed by atoms with E-state index in [0.717, 1.165) is 5.56 Å². The highest BCUT2D eigenvalue weighted by molar-refractivity contribution is 6.04. The van der Waals surface area contributed by atoms with Crippen LogP contribution in [0.3, 0.4) is 0 Å². The van der Waals surface area contributed by atoms with Crippen LogP contribution in [0.4, 0.5) is 5.69 Å². The predicted molar refractivity (Wildman–Crippen MR) is 105 cm³/mol. The van der Waals surface area contributed by atoms with Crippen molar-refractivity contribution in [3.63, 3.8) is 0 Å². The van der Waals surface area contributed by atoms with E-state index >= 15 is 0 Å². The van der Waals surface area contributed by atoms with Crippen LogP contribution in [0.25, 0.3) is 22.4 Å². The molecule has 0 fully saturated rings. The summed E-state index contributed by atoms with van der Waals surface area (Å²) in [6, 6.07) is 21.4. The molecule has 0 aliphatic rings. The molecule has 0 saturated carbocycles. The minimum atomic E-state index is -0.440. The van der Waals surface area contributed by atoms with Crippen LogP contribution in [0.2, 0.25) is 0 Å². The third-order valence-corrected chi connectivity index (χ3v) is 4.18. The Balaban J connectivity index is 1.67. The highest BCUT2D eigenvalue weighted by Gasteiger charge is 2.10. The third-order valence-electron chi connectivity index (χ3n) is 4.18. The molecule has 0 unspecified atom stereocenters. The molecule has 0 spiro atoms. The van der Waals surface area contributed by atoms with E-state index < -0.39 is 5.63 Å². The second-order valence-corrected chi connectivity index (χ2v) is 6.23. The van der Waals surface area contributed by atoms with Crippen LogP contribution in [-0.2, 0) is 0 Å². The molecule has 1 amide bonds. The number of fused-ring (bicyclic) bond motifs is 1. The fraction of sp³-hybridized carbons (Fsp3) is 0.0455. The van der Waals surface area contributed by atoms with Gasteiger partial charge in [-0.1, -0.05) is 35.9 Å². The molecule has 5 nitrogen and oxygen atoms in total. The Bertz CT molecular complexity index is 1210. The van der Waals surface area contributed by atoms with Crippen molar-refractivity contribution < 1.29 is 9.21 Å². The molecular weight excluding hydrogens is 340 g/mol. The number of carbonyl (C=O) groups excluding carboxylic acids is 1. The number of amides is 1. The van der Waals surface area contributed by atoms with Crippen LogP contribution in [0.5, 0.6) is 0 Å².